The minimum Gasteiger partial charge on any atom is -0.669 e. The zero-order valence-electron chi connectivity index (χ0n) is 15.4. The summed E-state index contributed by atoms with van der Waals surface area (Å²) in [6, 6.07) is 3.03. The molecule has 2 fully saturated rings. The lowest BCUT2D eigenvalue weighted by atomic mass is 9.68. The molecule has 0 unspecified atom stereocenters. The number of likely N-dealkylation sites (tertiary alicyclic amines) is 1. The van der Waals surface area contributed by atoms with Gasteiger partial charge < -0.3 is 49.9 Å². The number of carbonyl (C=O) groups excluding carboxylic acids is 3. The first-order valence-corrected chi connectivity index (χ1v) is 9.06. The van der Waals surface area contributed by atoms with E-state index in [0.29, 0.717) is 12.0 Å². The minimum absolute atomic E-state index is 0.0120. The molecule has 1 amide bonds. The molecule has 11 nitrogen and oxygen atoms in total. The van der Waals surface area contributed by atoms with Crippen LogP contribution in [0, 0.1) is 0 Å². The van der Waals surface area contributed by atoms with E-state index in [0.717, 1.165) is 11.8 Å². The summed E-state index contributed by atoms with van der Waals surface area (Å²) in [6.45, 7) is -2.18. The van der Waals surface area contributed by atoms with Gasteiger partial charge in [0.25, 0.3) is 0 Å². The van der Waals surface area contributed by atoms with Crippen molar-refractivity contribution in [3.63, 3.8) is 0 Å². The second-order valence-corrected chi connectivity index (χ2v) is 7.97. The number of hydrogen-bond acceptors (Lipinski definition) is 10. The number of amides is 1. The fourth-order valence-corrected chi connectivity index (χ4v) is 3.88. The van der Waals surface area contributed by atoms with Gasteiger partial charge >= 0.3 is 6.75 Å². The largest absolute Gasteiger partial charge is 0.669 e. The first-order valence-electron chi connectivity index (χ1n) is 9.06. The summed E-state index contributed by atoms with van der Waals surface area (Å²) in [7, 11) is 0. The van der Waals surface area contributed by atoms with E-state index in [-0.39, 0.29) is 30.5 Å². The SMILES string of the molecule is C[C@](N)(C(=O)[O-])C(=O)N1CC(Oc2ccc3c(c2C(=O)[O-])O[B-](O)(O)[C@H]2C[C@@H]32)C1. The number of fused-ring (bicyclic) bond motifs is 3. The molecule has 1 aliphatic carbocycles. The average Bonchev–Trinajstić information content (AvgIpc) is 3.37. The van der Waals surface area contributed by atoms with Gasteiger partial charge in [0.15, 0.2) is 0 Å². The standard InChI is InChI=1S/C17H20BN2O9/c1-17(19,16(24)25)15(23)20-5-7(6-20)28-11-3-2-8-9-4-10(9)18(26,27)29-13(8)12(11)14(21)22/h2-3,7,9-10,26-27H,4-6,19H2,1H3,(H,21,22)(H,24,25)/q-1/p-2/t9-,10-,17+/m0/s1. The van der Waals surface area contributed by atoms with Crippen molar-refractivity contribution < 1.29 is 44.0 Å². The van der Waals surface area contributed by atoms with Crippen LogP contribution in [0.15, 0.2) is 12.1 Å². The quantitative estimate of drug-likeness (QED) is 0.325. The van der Waals surface area contributed by atoms with Crippen molar-refractivity contribution in [3.05, 3.63) is 23.3 Å². The van der Waals surface area contributed by atoms with Crippen LogP contribution in [0.2, 0.25) is 5.82 Å². The van der Waals surface area contributed by atoms with Crippen molar-refractivity contribution in [2.75, 3.05) is 13.1 Å². The number of hydrogen-bond donors (Lipinski definition) is 3. The molecule has 0 spiro atoms. The van der Waals surface area contributed by atoms with Crippen LogP contribution in [-0.2, 0) is 9.59 Å². The van der Waals surface area contributed by atoms with Crippen molar-refractivity contribution in [1.82, 2.24) is 4.90 Å². The van der Waals surface area contributed by atoms with Gasteiger partial charge in [-0.15, -0.1) is 0 Å². The molecule has 1 saturated heterocycles. The highest BCUT2D eigenvalue weighted by molar-refractivity contribution is 6.62. The molecule has 2 aliphatic heterocycles. The first kappa shape index (κ1) is 19.5. The Morgan fingerprint density at radius 1 is 1.31 bits per heavy atom. The van der Waals surface area contributed by atoms with Crippen LogP contribution in [-0.4, -0.2) is 64.3 Å². The Kier molecular flexibility index (Phi) is 4.09. The molecule has 0 aromatic heterocycles. The smallest absolute Gasteiger partial charge is 0.434 e. The van der Waals surface area contributed by atoms with E-state index in [1.807, 2.05) is 0 Å². The Morgan fingerprint density at radius 2 is 1.97 bits per heavy atom. The maximum absolute atomic E-state index is 12.1. The molecular weight excluding hydrogens is 387 g/mol. The van der Waals surface area contributed by atoms with E-state index in [4.69, 9.17) is 15.1 Å². The number of aliphatic carboxylic acids is 1. The van der Waals surface area contributed by atoms with Gasteiger partial charge in [-0.2, -0.15) is 0 Å². The molecule has 0 radical (unpaired) electrons. The van der Waals surface area contributed by atoms with E-state index >= 15 is 0 Å². The zero-order valence-corrected chi connectivity index (χ0v) is 15.4. The highest BCUT2D eigenvalue weighted by Gasteiger charge is 2.55. The van der Waals surface area contributed by atoms with Crippen LogP contribution in [0.5, 0.6) is 11.5 Å². The molecule has 156 valence electrons. The summed E-state index contributed by atoms with van der Waals surface area (Å²) in [5.41, 5.74) is 3.37. The molecule has 12 heteroatoms. The van der Waals surface area contributed by atoms with Crippen molar-refractivity contribution in [1.29, 1.82) is 0 Å². The summed E-state index contributed by atoms with van der Waals surface area (Å²) < 4.78 is 10.8. The Hall–Kier alpha value is -2.83. The second kappa shape index (κ2) is 6.08. The number of aromatic carboxylic acids is 1. The van der Waals surface area contributed by atoms with Gasteiger partial charge in [0, 0.05) is 0 Å². The van der Waals surface area contributed by atoms with E-state index < -0.39 is 47.6 Å². The molecule has 29 heavy (non-hydrogen) atoms. The van der Waals surface area contributed by atoms with E-state index in [2.05, 4.69) is 0 Å². The first-order chi connectivity index (χ1) is 13.4. The monoisotopic (exact) mass is 405 g/mol. The molecule has 1 saturated carbocycles. The summed E-state index contributed by atoms with van der Waals surface area (Å²) in [6.07, 6.45) is -0.147. The van der Waals surface area contributed by atoms with Crippen molar-refractivity contribution in [2.24, 2.45) is 5.73 Å². The number of nitrogens with two attached hydrogens (primary N) is 1. The Labute approximate surface area is 164 Å². The van der Waals surface area contributed by atoms with Crippen LogP contribution >= 0.6 is 0 Å². The predicted molar refractivity (Wildman–Crippen MR) is 91.3 cm³/mol. The summed E-state index contributed by atoms with van der Waals surface area (Å²) in [4.78, 5) is 36.0. The van der Waals surface area contributed by atoms with Gasteiger partial charge in [-0.1, -0.05) is 18.3 Å². The van der Waals surface area contributed by atoms with Crippen LogP contribution in [0.25, 0.3) is 0 Å². The van der Waals surface area contributed by atoms with E-state index in [9.17, 15) is 34.6 Å². The molecular formula is C17H18BN2O9-3. The van der Waals surface area contributed by atoms with Gasteiger partial charge in [0.1, 0.15) is 17.4 Å². The van der Waals surface area contributed by atoms with Crippen LogP contribution in [0.1, 0.15) is 35.2 Å². The number of carboxylic acid groups (broad SMARTS) is 2. The maximum Gasteiger partial charge on any atom is 0.434 e. The molecule has 3 aliphatic rings. The van der Waals surface area contributed by atoms with Gasteiger partial charge in [-0.25, -0.2) is 0 Å². The van der Waals surface area contributed by atoms with E-state index in [1.165, 1.54) is 6.07 Å². The predicted octanol–water partition coefficient (Wildman–Crippen LogP) is -3.72. The molecule has 3 atom stereocenters. The molecule has 4 N–H and O–H groups in total. The summed E-state index contributed by atoms with van der Waals surface area (Å²) in [5.74, 6) is -5.14. The summed E-state index contributed by atoms with van der Waals surface area (Å²) >= 11 is 0. The highest BCUT2D eigenvalue weighted by atomic mass is 16.6. The lowest BCUT2D eigenvalue weighted by Gasteiger charge is -2.43. The Bertz CT molecular complexity index is 926. The van der Waals surface area contributed by atoms with Crippen LogP contribution in [0.3, 0.4) is 0 Å². The molecule has 0 bridgehead atoms. The van der Waals surface area contributed by atoms with Gasteiger partial charge in [-0.05, 0) is 24.5 Å². The summed E-state index contributed by atoms with van der Waals surface area (Å²) in [5, 5.41) is 42.7. The number of carbonyl (C=O) groups is 3. The number of ether oxygens (including phenoxy) is 1. The highest BCUT2D eigenvalue weighted by Crippen LogP contribution is 2.63. The molecule has 2 heterocycles. The molecule has 1 aromatic carbocycles. The maximum atomic E-state index is 12.1. The number of benzene rings is 1. The van der Waals surface area contributed by atoms with Crippen molar-refractivity contribution in [3.8, 4) is 11.5 Å². The minimum atomic E-state index is -3.18. The van der Waals surface area contributed by atoms with E-state index in [1.54, 1.807) is 6.07 Å². The topological polar surface area (TPSA) is 186 Å². The normalized spacial score (nSPS) is 26.1. The number of nitrogens with zero attached hydrogens (tertiary/aromatic N) is 1. The third-order valence-electron chi connectivity index (χ3n) is 5.74. The van der Waals surface area contributed by atoms with Gasteiger partial charge in [-0.3, -0.25) is 4.79 Å². The third-order valence-corrected chi connectivity index (χ3v) is 5.74. The lowest BCUT2D eigenvalue weighted by Crippen LogP contribution is -2.68. The zero-order chi connectivity index (χ0) is 21.3. The fourth-order valence-electron chi connectivity index (χ4n) is 3.88. The third kappa shape index (κ3) is 3.00. The van der Waals surface area contributed by atoms with Gasteiger partial charge in [0.05, 0.1) is 36.3 Å². The molecule has 1 aromatic rings. The average molecular weight is 405 g/mol. The van der Waals surface area contributed by atoms with Gasteiger partial charge in [0.2, 0.25) is 5.91 Å². The Balaban J connectivity index is 1.52. The molecule has 4 rings (SSSR count). The van der Waals surface area contributed by atoms with Crippen molar-refractivity contribution in [2.45, 2.75) is 36.7 Å². The Morgan fingerprint density at radius 3 is 2.55 bits per heavy atom. The van der Waals surface area contributed by atoms with Crippen molar-refractivity contribution >= 4 is 24.6 Å². The number of carboxylic acids is 2. The second-order valence-electron chi connectivity index (χ2n) is 7.97. The lowest BCUT2D eigenvalue weighted by molar-refractivity contribution is -0.311. The van der Waals surface area contributed by atoms with Crippen LogP contribution < -0.4 is 25.3 Å². The number of rotatable bonds is 5. The fraction of sp³-hybridized carbons (Fsp3) is 0.471. The van der Waals surface area contributed by atoms with Crippen LogP contribution in [0.4, 0.5) is 0 Å².